The first-order valence-electron chi connectivity index (χ1n) is 7.92. The molecule has 1 aliphatic heterocycles. The van der Waals surface area contributed by atoms with Crippen molar-refractivity contribution in [3.63, 3.8) is 0 Å². The van der Waals surface area contributed by atoms with Crippen LogP contribution >= 0.6 is 0 Å². The van der Waals surface area contributed by atoms with Crippen molar-refractivity contribution in [1.82, 2.24) is 20.1 Å². The maximum Gasteiger partial charge on any atom is 0.416 e. The molecule has 3 heterocycles. The van der Waals surface area contributed by atoms with E-state index in [1.54, 1.807) is 12.4 Å². The van der Waals surface area contributed by atoms with Crippen LogP contribution in [-0.2, 0) is 19.3 Å². The average Bonchev–Trinajstić information content (AvgIpc) is 3.01. The summed E-state index contributed by atoms with van der Waals surface area (Å²) in [6, 6.07) is 8.94. The fourth-order valence-corrected chi connectivity index (χ4v) is 3.09. The summed E-state index contributed by atoms with van der Waals surface area (Å²) in [6.07, 6.45) is -0.942. The van der Waals surface area contributed by atoms with Crippen LogP contribution in [-0.4, -0.2) is 21.3 Å². The minimum absolute atomic E-state index is 0.660. The number of fused-ring (bicyclic) bond motifs is 1. The lowest BCUT2D eigenvalue weighted by molar-refractivity contribution is -0.137. The fraction of sp³-hybridized carbons (Fsp3) is 0.222. The van der Waals surface area contributed by atoms with Crippen molar-refractivity contribution in [1.29, 1.82) is 0 Å². The highest BCUT2D eigenvalue weighted by atomic mass is 19.4. The molecule has 0 saturated heterocycles. The quantitative estimate of drug-likeness (QED) is 0.770. The predicted molar refractivity (Wildman–Crippen MR) is 87.6 cm³/mol. The Kier molecular flexibility index (Phi) is 3.80. The van der Waals surface area contributed by atoms with E-state index >= 15 is 0 Å². The molecule has 4 rings (SSSR count). The van der Waals surface area contributed by atoms with E-state index in [9.17, 15) is 13.2 Å². The third-order valence-corrected chi connectivity index (χ3v) is 4.31. The number of aromatic nitrogens is 3. The van der Waals surface area contributed by atoms with Crippen LogP contribution in [0.25, 0.3) is 22.4 Å². The Labute approximate surface area is 142 Å². The topological polar surface area (TPSA) is 42.7 Å². The smallest absolute Gasteiger partial charge is 0.309 e. The standard InChI is InChI=1S/C18H15F3N4/c19-18(20,21)14-3-1-13(2-4-14)17-16(12-5-7-22-8-6-12)15-11-23-9-10-25(15)24-17/h1-8,23H,9-11H2. The van der Waals surface area contributed by atoms with Crippen LogP contribution < -0.4 is 5.32 Å². The lowest BCUT2D eigenvalue weighted by atomic mass is 9.98. The number of halogens is 3. The van der Waals surface area contributed by atoms with Gasteiger partial charge in [0.05, 0.1) is 17.8 Å². The summed E-state index contributed by atoms with van der Waals surface area (Å²) >= 11 is 0. The first-order chi connectivity index (χ1) is 12.0. The van der Waals surface area contributed by atoms with Crippen molar-refractivity contribution in [2.24, 2.45) is 0 Å². The number of hydrogen-bond acceptors (Lipinski definition) is 3. The van der Waals surface area contributed by atoms with Crippen molar-refractivity contribution in [3.8, 4) is 22.4 Å². The van der Waals surface area contributed by atoms with E-state index in [2.05, 4.69) is 15.4 Å². The van der Waals surface area contributed by atoms with Gasteiger partial charge in [-0.15, -0.1) is 0 Å². The lowest BCUT2D eigenvalue weighted by Gasteiger charge is -2.16. The second kappa shape index (κ2) is 6.00. The molecule has 1 aromatic carbocycles. The molecule has 4 nitrogen and oxygen atoms in total. The molecule has 2 aromatic heterocycles. The van der Waals surface area contributed by atoms with Crippen LogP contribution in [0, 0.1) is 0 Å². The highest BCUT2D eigenvalue weighted by Crippen LogP contribution is 2.36. The van der Waals surface area contributed by atoms with E-state index in [0.29, 0.717) is 17.8 Å². The zero-order chi connectivity index (χ0) is 17.4. The van der Waals surface area contributed by atoms with Crippen molar-refractivity contribution in [3.05, 3.63) is 60.0 Å². The zero-order valence-corrected chi connectivity index (χ0v) is 13.2. The Balaban J connectivity index is 1.86. The van der Waals surface area contributed by atoms with Crippen molar-refractivity contribution >= 4 is 0 Å². The highest BCUT2D eigenvalue weighted by molar-refractivity contribution is 5.82. The molecule has 128 valence electrons. The molecule has 0 aliphatic carbocycles. The van der Waals surface area contributed by atoms with Crippen LogP contribution in [0.2, 0.25) is 0 Å². The molecule has 0 radical (unpaired) electrons. The van der Waals surface area contributed by atoms with Crippen LogP contribution in [0.1, 0.15) is 11.3 Å². The van der Waals surface area contributed by atoms with E-state index in [0.717, 1.165) is 42.0 Å². The number of alkyl halides is 3. The van der Waals surface area contributed by atoms with E-state index in [1.165, 1.54) is 12.1 Å². The molecule has 0 bridgehead atoms. The van der Waals surface area contributed by atoms with Crippen molar-refractivity contribution in [2.45, 2.75) is 19.3 Å². The molecular weight excluding hydrogens is 329 g/mol. The van der Waals surface area contributed by atoms with Gasteiger partial charge >= 0.3 is 6.18 Å². The van der Waals surface area contributed by atoms with Gasteiger partial charge in [-0.05, 0) is 29.8 Å². The Bertz CT molecular complexity index is 883. The molecule has 0 unspecified atom stereocenters. The third-order valence-electron chi connectivity index (χ3n) is 4.31. The normalized spacial score (nSPS) is 14.4. The molecule has 0 spiro atoms. The number of nitrogens with zero attached hydrogens (tertiary/aromatic N) is 3. The van der Waals surface area contributed by atoms with Gasteiger partial charge in [0.1, 0.15) is 5.69 Å². The predicted octanol–water partition coefficient (Wildman–Crippen LogP) is 3.73. The molecule has 0 atom stereocenters. The number of hydrogen-bond donors (Lipinski definition) is 1. The molecular formula is C18H15F3N4. The highest BCUT2D eigenvalue weighted by Gasteiger charge is 2.30. The summed E-state index contributed by atoms with van der Waals surface area (Å²) in [6.45, 7) is 2.22. The summed E-state index contributed by atoms with van der Waals surface area (Å²) < 4.78 is 40.4. The fourth-order valence-electron chi connectivity index (χ4n) is 3.09. The number of rotatable bonds is 2. The third kappa shape index (κ3) is 2.91. The van der Waals surface area contributed by atoms with Crippen LogP contribution in [0.4, 0.5) is 13.2 Å². The summed E-state index contributed by atoms with van der Waals surface area (Å²) in [4.78, 5) is 4.04. The molecule has 7 heteroatoms. The SMILES string of the molecule is FC(F)(F)c1ccc(-c2nn3c(c2-c2ccncc2)CNCC3)cc1. The van der Waals surface area contributed by atoms with Gasteiger partial charge in [0.25, 0.3) is 0 Å². The first-order valence-corrected chi connectivity index (χ1v) is 7.92. The maximum atomic E-state index is 12.8. The summed E-state index contributed by atoms with van der Waals surface area (Å²) in [5.74, 6) is 0. The molecule has 0 saturated carbocycles. The second-order valence-corrected chi connectivity index (χ2v) is 5.88. The van der Waals surface area contributed by atoms with E-state index < -0.39 is 11.7 Å². The van der Waals surface area contributed by atoms with Crippen LogP contribution in [0.5, 0.6) is 0 Å². The van der Waals surface area contributed by atoms with Gasteiger partial charge in [-0.25, -0.2) is 0 Å². The minimum atomic E-state index is -4.34. The molecule has 0 amide bonds. The van der Waals surface area contributed by atoms with Crippen LogP contribution in [0.15, 0.2) is 48.8 Å². The molecule has 3 aromatic rings. The molecule has 25 heavy (non-hydrogen) atoms. The minimum Gasteiger partial charge on any atom is -0.309 e. The van der Waals surface area contributed by atoms with Gasteiger partial charge in [0, 0.05) is 36.6 Å². The average molecular weight is 344 g/mol. The van der Waals surface area contributed by atoms with Gasteiger partial charge in [-0.2, -0.15) is 18.3 Å². The van der Waals surface area contributed by atoms with Gasteiger partial charge in [0.2, 0.25) is 0 Å². The molecule has 1 aliphatic rings. The molecule has 1 N–H and O–H groups in total. The summed E-state index contributed by atoms with van der Waals surface area (Å²) in [5, 5.41) is 7.98. The first kappa shape index (κ1) is 15.8. The summed E-state index contributed by atoms with van der Waals surface area (Å²) in [7, 11) is 0. The monoisotopic (exact) mass is 344 g/mol. The zero-order valence-electron chi connectivity index (χ0n) is 13.2. The molecule has 0 fully saturated rings. The Morgan fingerprint density at radius 3 is 2.36 bits per heavy atom. The van der Waals surface area contributed by atoms with E-state index in [-0.39, 0.29) is 0 Å². The van der Waals surface area contributed by atoms with Gasteiger partial charge in [-0.1, -0.05) is 12.1 Å². The number of nitrogens with one attached hydrogen (secondary N) is 1. The van der Waals surface area contributed by atoms with Crippen molar-refractivity contribution in [2.75, 3.05) is 6.54 Å². The van der Waals surface area contributed by atoms with Gasteiger partial charge in [-0.3, -0.25) is 9.67 Å². The van der Waals surface area contributed by atoms with Gasteiger partial charge < -0.3 is 5.32 Å². The maximum absolute atomic E-state index is 12.8. The largest absolute Gasteiger partial charge is 0.416 e. The van der Waals surface area contributed by atoms with E-state index in [4.69, 9.17) is 0 Å². The summed E-state index contributed by atoms with van der Waals surface area (Å²) in [5.41, 5.74) is 3.63. The second-order valence-electron chi connectivity index (χ2n) is 5.88. The Morgan fingerprint density at radius 1 is 0.960 bits per heavy atom. The van der Waals surface area contributed by atoms with E-state index in [1.807, 2.05) is 16.8 Å². The van der Waals surface area contributed by atoms with Crippen molar-refractivity contribution < 1.29 is 13.2 Å². The lowest BCUT2D eigenvalue weighted by Crippen LogP contribution is -2.28. The Morgan fingerprint density at radius 2 is 1.68 bits per heavy atom. The Hall–Kier alpha value is -2.67. The number of pyridine rings is 1. The number of benzene rings is 1. The van der Waals surface area contributed by atoms with Gasteiger partial charge in [0.15, 0.2) is 0 Å². The van der Waals surface area contributed by atoms with Crippen LogP contribution in [0.3, 0.4) is 0 Å².